The third kappa shape index (κ3) is 5.01. The molecule has 0 fully saturated rings. The van der Waals surface area contributed by atoms with E-state index in [9.17, 15) is 9.59 Å². The molecule has 0 saturated carbocycles. The lowest BCUT2D eigenvalue weighted by molar-refractivity contribution is -0.121. The number of hydrogen-bond acceptors (Lipinski definition) is 7. The van der Waals surface area contributed by atoms with Crippen LogP contribution < -0.4 is 16.2 Å². The molecule has 0 aliphatic carbocycles. The second-order valence-corrected chi connectivity index (χ2v) is 8.19. The molecule has 5 heterocycles. The highest BCUT2D eigenvalue weighted by molar-refractivity contribution is 5.79. The lowest BCUT2D eigenvalue weighted by atomic mass is 10.2. The van der Waals surface area contributed by atoms with E-state index in [0.29, 0.717) is 24.3 Å². The number of nitrogens with zero attached hydrogens (tertiary/aromatic N) is 5. The molecule has 3 N–H and O–H groups in total. The van der Waals surface area contributed by atoms with Gasteiger partial charge >= 0.3 is 0 Å². The van der Waals surface area contributed by atoms with Crippen LogP contribution >= 0.6 is 0 Å². The number of carbonyl (C=O) groups is 1. The molecule has 5 aromatic heterocycles. The molecule has 0 saturated heterocycles. The number of carbonyl (C=O) groups excluding carboxylic acids is 1. The highest BCUT2D eigenvalue weighted by Crippen LogP contribution is 2.12. The molecule has 35 heavy (non-hydrogen) atoms. The Bertz CT molecular complexity index is 1570. The zero-order valence-electron chi connectivity index (χ0n) is 19.2. The number of hydrogen-bond donors (Lipinski definition) is 3. The van der Waals surface area contributed by atoms with Crippen LogP contribution in [0.15, 0.2) is 66.0 Å². The Morgan fingerprint density at radius 2 is 1.97 bits per heavy atom. The summed E-state index contributed by atoms with van der Waals surface area (Å²) < 4.78 is 1.41. The van der Waals surface area contributed by atoms with Gasteiger partial charge in [0.15, 0.2) is 11.5 Å². The van der Waals surface area contributed by atoms with Crippen LogP contribution in [0.2, 0.25) is 0 Å². The fourth-order valence-corrected chi connectivity index (χ4v) is 3.81. The second-order valence-electron chi connectivity index (χ2n) is 8.19. The predicted molar refractivity (Wildman–Crippen MR) is 133 cm³/mol. The van der Waals surface area contributed by atoms with E-state index in [2.05, 4.69) is 35.6 Å². The molecule has 0 bridgehead atoms. The van der Waals surface area contributed by atoms with Crippen molar-refractivity contribution < 1.29 is 4.79 Å². The first-order valence-electron chi connectivity index (χ1n) is 11.3. The quantitative estimate of drug-likeness (QED) is 0.319. The van der Waals surface area contributed by atoms with E-state index in [1.54, 1.807) is 25.5 Å². The topological polar surface area (TPSA) is 130 Å². The molecular weight excluding hydrogens is 444 g/mol. The van der Waals surface area contributed by atoms with E-state index in [4.69, 9.17) is 0 Å². The summed E-state index contributed by atoms with van der Waals surface area (Å²) >= 11 is 0. The summed E-state index contributed by atoms with van der Waals surface area (Å²) in [5.41, 5.74) is 3.48. The largest absolute Gasteiger partial charge is 0.365 e. The lowest BCUT2D eigenvalue weighted by Gasteiger charge is -2.12. The van der Waals surface area contributed by atoms with Gasteiger partial charge in [-0.2, -0.15) is 0 Å². The van der Waals surface area contributed by atoms with Gasteiger partial charge in [-0.05, 0) is 43.3 Å². The maximum absolute atomic E-state index is 13.0. The van der Waals surface area contributed by atoms with Crippen molar-refractivity contribution in [3.8, 4) is 0 Å². The monoisotopic (exact) mass is 468 g/mol. The number of aromatic nitrogens is 6. The first-order chi connectivity index (χ1) is 17.1. The molecule has 0 radical (unpaired) electrons. The van der Waals surface area contributed by atoms with Gasteiger partial charge in [0, 0.05) is 53.7 Å². The number of nitrogens with one attached hydrogen (secondary N) is 3. The van der Waals surface area contributed by atoms with Crippen LogP contribution in [0.4, 0.5) is 5.82 Å². The van der Waals surface area contributed by atoms with Crippen molar-refractivity contribution in [1.29, 1.82) is 0 Å². The summed E-state index contributed by atoms with van der Waals surface area (Å²) in [7, 11) is 0. The zero-order chi connectivity index (χ0) is 24.2. The highest BCUT2D eigenvalue weighted by Gasteiger charge is 2.12. The van der Waals surface area contributed by atoms with Crippen molar-refractivity contribution in [2.75, 3.05) is 11.9 Å². The minimum absolute atomic E-state index is 0.105. The van der Waals surface area contributed by atoms with E-state index in [1.165, 1.54) is 4.57 Å². The highest BCUT2D eigenvalue weighted by atomic mass is 16.2. The molecule has 0 atom stereocenters. The number of H-pyrrole nitrogens is 1. The molecule has 0 aliphatic heterocycles. The Kier molecular flexibility index (Phi) is 6.16. The van der Waals surface area contributed by atoms with E-state index in [1.807, 2.05) is 42.6 Å². The van der Waals surface area contributed by atoms with Gasteiger partial charge in [-0.3, -0.25) is 19.1 Å². The first-order valence-corrected chi connectivity index (χ1v) is 11.3. The minimum atomic E-state index is -0.347. The Morgan fingerprint density at radius 3 is 2.89 bits per heavy atom. The Morgan fingerprint density at radius 1 is 1.06 bits per heavy atom. The van der Waals surface area contributed by atoms with Crippen molar-refractivity contribution in [1.82, 2.24) is 34.8 Å². The Balaban J connectivity index is 1.20. The summed E-state index contributed by atoms with van der Waals surface area (Å²) in [5.74, 6) is -0.0851. The van der Waals surface area contributed by atoms with Gasteiger partial charge in [-0.1, -0.05) is 0 Å². The third-order valence-electron chi connectivity index (χ3n) is 5.71. The maximum atomic E-state index is 13.0. The first kappa shape index (κ1) is 22.2. The molecule has 5 aromatic rings. The number of anilines is 1. The zero-order valence-corrected chi connectivity index (χ0v) is 19.2. The Hall–Kier alpha value is -4.60. The fourth-order valence-electron chi connectivity index (χ4n) is 3.81. The van der Waals surface area contributed by atoms with E-state index in [0.717, 1.165) is 27.7 Å². The molecule has 0 aliphatic rings. The predicted octanol–water partition coefficient (Wildman–Crippen LogP) is 2.34. The molecule has 1 amide bonds. The van der Waals surface area contributed by atoms with Gasteiger partial charge in [0.05, 0.1) is 24.0 Å². The average Bonchev–Trinajstić information content (AvgIpc) is 3.34. The molecular formula is C25H24N8O2. The number of aromatic amines is 1. The normalized spacial score (nSPS) is 11.1. The standard InChI is InChI=1S/C25H24N8O2/c1-16-12-31-24(28-10-7-19-5-4-17-3-2-8-27-23(17)32-19)25(35)33(16)15-22(34)30-13-20-11-18-6-9-26-21(18)14-29-20/h2-6,8-9,11-12,14,26H,7,10,13,15H2,1H3,(H,28,31)(H,30,34). The van der Waals surface area contributed by atoms with Gasteiger partial charge in [-0.25, -0.2) is 15.0 Å². The Labute approximate surface area is 200 Å². The van der Waals surface area contributed by atoms with Gasteiger partial charge < -0.3 is 15.6 Å². The van der Waals surface area contributed by atoms with Gasteiger partial charge in [-0.15, -0.1) is 0 Å². The number of pyridine rings is 3. The number of fused-ring (bicyclic) bond motifs is 2. The van der Waals surface area contributed by atoms with Crippen LogP contribution in [0.5, 0.6) is 0 Å². The molecule has 10 heteroatoms. The number of amides is 1. The smallest absolute Gasteiger partial charge is 0.293 e. The van der Waals surface area contributed by atoms with E-state index < -0.39 is 0 Å². The average molecular weight is 469 g/mol. The van der Waals surface area contributed by atoms with Crippen molar-refractivity contribution >= 4 is 33.7 Å². The van der Waals surface area contributed by atoms with Crippen LogP contribution in [0.25, 0.3) is 21.9 Å². The van der Waals surface area contributed by atoms with Crippen LogP contribution in [0, 0.1) is 6.92 Å². The molecule has 5 rings (SSSR count). The van der Waals surface area contributed by atoms with Crippen molar-refractivity contribution in [3.63, 3.8) is 0 Å². The van der Waals surface area contributed by atoms with E-state index >= 15 is 0 Å². The van der Waals surface area contributed by atoms with E-state index in [-0.39, 0.29) is 30.4 Å². The summed E-state index contributed by atoms with van der Waals surface area (Å²) in [6.45, 7) is 2.39. The maximum Gasteiger partial charge on any atom is 0.293 e. The van der Waals surface area contributed by atoms with Crippen LogP contribution in [-0.4, -0.2) is 41.9 Å². The molecule has 0 unspecified atom stereocenters. The van der Waals surface area contributed by atoms with Crippen LogP contribution in [0.1, 0.15) is 17.1 Å². The molecule has 0 spiro atoms. The number of aryl methyl sites for hydroxylation is 1. The summed E-state index contributed by atoms with van der Waals surface area (Å²) in [6.07, 6.45) is 7.46. The summed E-state index contributed by atoms with van der Waals surface area (Å²) in [4.78, 5) is 46.0. The van der Waals surface area contributed by atoms with Crippen molar-refractivity contribution in [3.05, 3.63) is 88.6 Å². The van der Waals surface area contributed by atoms with Gasteiger partial charge in [0.2, 0.25) is 5.91 Å². The van der Waals surface area contributed by atoms with Crippen LogP contribution in [0.3, 0.4) is 0 Å². The van der Waals surface area contributed by atoms with Gasteiger partial charge in [0.25, 0.3) is 5.56 Å². The lowest BCUT2D eigenvalue weighted by Crippen LogP contribution is -2.34. The summed E-state index contributed by atoms with van der Waals surface area (Å²) in [6, 6.07) is 11.6. The second kappa shape index (κ2) is 9.72. The molecule has 176 valence electrons. The van der Waals surface area contributed by atoms with Crippen molar-refractivity contribution in [2.24, 2.45) is 0 Å². The molecule has 10 nitrogen and oxygen atoms in total. The molecule has 0 aromatic carbocycles. The van der Waals surface area contributed by atoms with Crippen LogP contribution in [-0.2, 0) is 24.3 Å². The number of rotatable bonds is 8. The minimum Gasteiger partial charge on any atom is -0.365 e. The summed E-state index contributed by atoms with van der Waals surface area (Å²) in [5, 5.41) is 7.91. The van der Waals surface area contributed by atoms with Crippen molar-refractivity contribution in [2.45, 2.75) is 26.4 Å². The fraction of sp³-hybridized carbons (Fsp3) is 0.200. The SMILES string of the molecule is Cc1cnc(NCCc2ccc3cccnc3n2)c(=O)n1CC(=O)NCc1cc2cc[nH]c2cn1. The van der Waals surface area contributed by atoms with Gasteiger partial charge in [0.1, 0.15) is 6.54 Å². The third-order valence-corrected chi connectivity index (χ3v) is 5.71.